The van der Waals surface area contributed by atoms with E-state index in [1.54, 1.807) is 12.1 Å². The maximum atomic E-state index is 12.1. The zero-order valence-electron chi connectivity index (χ0n) is 9.73. The highest BCUT2D eigenvalue weighted by Gasteiger charge is 2.15. The quantitative estimate of drug-likeness (QED) is 0.779. The molecular weight excluding hydrogens is 262 g/mol. The second-order valence-electron chi connectivity index (χ2n) is 3.35. The lowest BCUT2D eigenvalue weighted by atomic mass is 10.3. The first-order chi connectivity index (χ1) is 8.56. The highest BCUT2D eigenvalue weighted by Crippen LogP contribution is 2.26. The molecule has 1 atom stereocenters. The minimum Gasteiger partial charge on any atom is -0.370 e. The van der Waals surface area contributed by atoms with Gasteiger partial charge in [0.15, 0.2) is 0 Å². The van der Waals surface area contributed by atoms with E-state index in [9.17, 15) is 13.6 Å². The number of thioether (sulfide) groups is 1. The van der Waals surface area contributed by atoms with Crippen LogP contribution < -0.4 is 11.1 Å². The third-order valence-corrected chi connectivity index (χ3v) is 2.86. The van der Waals surface area contributed by atoms with Gasteiger partial charge in [-0.05, 0) is 24.3 Å². The molecule has 0 aliphatic rings. The van der Waals surface area contributed by atoms with Gasteiger partial charge in [-0.2, -0.15) is 8.78 Å². The minimum atomic E-state index is -2.46. The maximum Gasteiger partial charge on any atom is 0.288 e. The van der Waals surface area contributed by atoms with Crippen LogP contribution in [0.1, 0.15) is 0 Å². The van der Waals surface area contributed by atoms with Crippen LogP contribution in [0.25, 0.3) is 0 Å². The van der Waals surface area contributed by atoms with Crippen molar-refractivity contribution in [1.29, 1.82) is 0 Å². The van der Waals surface area contributed by atoms with Gasteiger partial charge in [-0.25, -0.2) is 0 Å². The van der Waals surface area contributed by atoms with E-state index in [1.807, 2.05) is 0 Å². The molecule has 1 rings (SSSR count). The molecule has 7 heteroatoms. The van der Waals surface area contributed by atoms with Crippen LogP contribution in [-0.4, -0.2) is 31.4 Å². The highest BCUT2D eigenvalue weighted by molar-refractivity contribution is 7.99. The van der Waals surface area contributed by atoms with Crippen molar-refractivity contribution in [3.8, 4) is 0 Å². The number of benzene rings is 1. The summed E-state index contributed by atoms with van der Waals surface area (Å²) < 4.78 is 29.1. The van der Waals surface area contributed by atoms with E-state index in [0.29, 0.717) is 22.3 Å². The molecule has 0 aliphatic heterocycles. The lowest BCUT2D eigenvalue weighted by molar-refractivity contribution is -0.125. The Balaban J connectivity index is 2.60. The lowest BCUT2D eigenvalue weighted by Crippen LogP contribution is -2.35. The van der Waals surface area contributed by atoms with Gasteiger partial charge in [0.2, 0.25) is 0 Å². The molecule has 0 saturated heterocycles. The molecular formula is C11H14F2N2O2S. The van der Waals surface area contributed by atoms with Crippen molar-refractivity contribution in [2.75, 3.05) is 19.0 Å². The Labute approximate surface area is 108 Å². The number of nitrogens with one attached hydrogen (secondary N) is 1. The van der Waals surface area contributed by atoms with Crippen molar-refractivity contribution in [1.82, 2.24) is 0 Å². The van der Waals surface area contributed by atoms with Gasteiger partial charge < -0.3 is 15.8 Å². The van der Waals surface area contributed by atoms with Crippen LogP contribution in [-0.2, 0) is 9.53 Å². The smallest absolute Gasteiger partial charge is 0.288 e. The molecule has 0 saturated carbocycles. The second kappa shape index (κ2) is 7.30. The van der Waals surface area contributed by atoms with Crippen molar-refractivity contribution in [2.45, 2.75) is 16.8 Å². The summed E-state index contributed by atoms with van der Waals surface area (Å²) >= 11 is 0.451. The number of methoxy groups -OCH3 is 1. The van der Waals surface area contributed by atoms with Crippen LogP contribution in [0, 0.1) is 0 Å². The number of amides is 1. The average molecular weight is 276 g/mol. The van der Waals surface area contributed by atoms with Gasteiger partial charge in [0.05, 0.1) is 0 Å². The summed E-state index contributed by atoms with van der Waals surface area (Å²) in [6.45, 7) is 0.0711. The first-order valence-corrected chi connectivity index (χ1v) is 6.03. The Morgan fingerprint density at radius 2 is 2.06 bits per heavy atom. The van der Waals surface area contributed by atoms with E-state index in [0.717, 1.165) is 0 Å². The number of hydrogen-bond acceptors (Lipinski definition) is 4. The van der Waals surface area contributed by atoms with E-state index in [-0.39, 0.29) is 12.5 Å². The van der Waals surface area contributed by atoms with Crippen molar-refractivity contribution in [3.05, 3.63) is 24.3 Å². The molecule has 0 bridgehead atoms. The molecule has 0 fully saturated rings. The van der Waals surface area contributed by atoms with Gasteiger partial charge in [-0.3, -0.25) is 4.79 Å². The third-order valence-electron chi connectivity index (χ3n) is 2.14. The standard InChI is InChI=1S/C11H14F2N2O2S/c1-17-9(6-14)10(16)15-7-2-4-8(5-3-7)18-11(12)13/h2-5,9,11H,6,14H2,1H3,(H,15,16). The van der Waals surface area contributed by atoms with Crippen LogP contribution in [0.5, 0.6) is 0 Å². The number of nitrogens with two attached hydrogens (primary N) is 1. The molecule has 1 aromatic carbocycles. The minimum absolute atomic E-state index is 0.0711. The second-order valence-corrected chi connectivity index (χ2v) is 4.42. The Morgan fingerprint density at radius 1 is 1.44 bits per heavy atom. The molecule has 18 heavy (non-hydrogen) atoms. The number of halogens is 2. The van der Waals surface area contributed by atoms with Crippen molar-refractivity contribution in [2.24, 2.45) is 5.73 Å². The van der Waals surface area contributed by atoms with Gasteiger partial charge in [0, 0.05) is 24.2 Å². The zero-order valence-corrected chi connectivity index (χ0v) is 10.5. The Kier molecular flexibility index (Phi) is 6.03. The highest BCUT2D eigenvalue weighted by atomic mass is 32.2. The third kappa shape index (κ3) is 4.59. The summed E-state index contributed by atoms with van der Waals surface area (Å²) in [5.41, 5.74) is 5.85. The van der Waals surface area contributed by atoms with E-state index < -0.39 is 11.9 Å². The number of ether oxygens (including phenoxy) is 1. The SMILES string of the molecule is COC(CN)C(=O)Nc1ccc(SC(F)F)cc1. The van der Waals surface area contributed by atoms with Crippen molar-refractivity contribution >= 4 is 23.4 Å². The fourth-order valence-electron chi connectivity index (χ4n) is 1.25. The average Bonchev–Trinajstić information content (AvgIpc) is 2.32. The van der Waals surface area contributed by atoms with Gasteiger partial charge in [-0.1, -0.05) is 11.8 Å². The number of carbonyl (C=O) groups excluding carboxylic acids is 1. The number of carbonyl (C=O) groups is 1. The largest absolute Gasteiger partial charge is 0.370 e. The molecule has 3 N–H and O–H groups in total. The summed E-state index contributed by atoms with van der Waals surface area (Å²) in [6, 6.07) is 6.12. The monoisotopic (exact) mass is 276 g/mol. The number of anilines is 1. The van der Waals surface area contributed by atoms with E-state index in [1.165, 1.54) is 19.2 Å². The molecule has 0 radical (unpaired) electrons. The molecule has 0 aliphatic carbocycles. The molecule has 4 nitrogen and oxygen atoms in total. The molecule has 0 aromatic heterocycles. The zero-order chi connectivity index (χ0) is 13.5. The lowest BCUT2D eigenvalue weighted by Gasteiger charge is -2.13. The van der Waals surface area contributed by atoms with E-state index in [2.05, 4.69) is 5.32 Å². The van der Waals surface area contributed by atoms with Gasteiger partial charge in [-0.15, -0.1) is 0 Å². The number of hydrogen-bond donors (Lipinski definition) is 2. The first kappa shape index (κ1) is 14.9. The van der Waals surface area contributed by atoms with Crippen LogP contribution >= 0.6 is 11.8 Å². The Hall–Kier alpha value is -1.18. The van der Waals surface area contributed by atoms with Gasteiger partial charge in [0.1, 0.15) is 6.10 Å². The Morgan fingerprint density at radius 3 is 2.50 bits per heavy atom. The number of rotatable bonds is 6. The maximum absolute atomic E-state index is 12.1. The van der Waals surface area contributed by atoms with E-state index >= 15 is 0 Å². The molecule has 1 unspecified atom stereocenters. The van der Waals surface area contributed by atoms with Crippen LogP contribution in [0.4, 0.5) is 14.5 Å². The van der Waals surface area contributed by atoms with Crippen LogP contribution in [0.2, 0.25) is 0 Å². The van der Waals surface area contributed by atoms with Crippen LogP contribution in [0.15, 0.2) is 29.2 Å². The summed E-state index contributed by atoms with van der Waals surface area (Å²) in [5, 5.41) is 2.58. The molecule has 1 amide bonds. The fourth-order valence-corrected chi connectivity index (χ4v) is 1.75. The topological polar surface area (TPSA) is 64.3 Å². The van der Waals surface area contributed by atoms with Crippen LogP contribution in [0.3, 0.4) is 0 Å². The summed E-state index contributed by atoms with van der Waals surface area (Å²) in [6.07, 6.45) is -0.722. The molecule has 0 spiro atoms. The summed E-state index contributed by atoms with van der Waals surface area (Å²) in [7, 11) is 1.39. The summed E-state index contributed by atoms with van der Waals surface area (Å²) in [5.74, 6) is -2.82. The van der Waals surface area contributed by atoms with Gasteiger partial charge in [0.25, 0.3) is 11.7 Å². The molecule has 100 valence electrons. The van der Waals surface area contributed by atoms with Crippen molar-refractivity contribution < 1.29 is 18.3 Å². The fraction of sp³-hybridized carbons (Fsp3) is 0.364. The van der Waals surface area contributed by atoms with Crippen molar-refractivity contribution in [3.63, 3.8) is 0 Å². The predicted octanol–water partition coefficient (Wildman–Crippen LogP) is 1.91. The van der Waals surface area contributed by atoms with E-state index in [4.69, 9.17) is 10.5 Å². The predicted molar refractivity (Wildman–Crippen MR) is 66.8 cm³/mol. The molecule has 1 aromatic rings. The molecule has 0 heterocycles. The van der Waals surface area contributed by atoms with Gasteiger partial charge >= 0.3 is 0 Å². The normalized spacial score (nSPS) is 12.5. The first-order valence-electron chi connectivity index (χ1n) is 5.15. The summed E-state index contributed by atoms with van der Waals surface area (Å²) in [4.78, 5) is 12.0. The Bertz CT molecular complexity index is 383. The number of alkyl halides is 2.